The molecule has 0 spiro atoms. The molecule has 2 aliphatic heterocycles. The van der Waals surface area contributed by atoms with E-state index in [0.717, 1.165) is 50.4 Å². The first-order valence-corrected chi connectivity index (χ1v) is 12.1. The van der Waals surface area contributed by atoms with Crippen molar-refractivity contribution < 1.29 is 19.0 Å². The molecule has 6 heteroatoms. The number of esters is 1. The SMILES string of the molecule is COc1cc2c(cc1OC)[C@H]1C[C@@H](COC(=O)CCCN(C)C)[C@H](CC(C)C)CN1CC2. The Morgan fingerprint density at radius 3 is 2.53 bits per heavy atom. The summed E-state index contributed by atoms with van der Waals surface area (Å²) < 4.78 is 16.9. The van der Waals surface area contributed by atoms with Gasteiger partial charge < -0.3 is 19.1 Å². The highest BCUT2D eigenvalue weighted by molar-refractivity contribution is 5.69. The second kappa shape index (κ2) is 11.4. The van der Waals surface area contributed by atoms with Gasteiger partial charge in [0.2, 0.25) is 0 Å². The van der Waals surface area contributed by atoms with Crippen molar-refractivity contribution in [2.45, 2.75) is 52.0 Å². The molecule has 2 aliphatic rings. The molecule has 0 amide bonds. The van der Waals surface area contributed by atoms with Gasteiger partial charge in [0.1, 0.15) is 0 Å². The minimum absolute atomic E-state index is 0.0620. The fourth-order valence-electron chi connectivity index (χ4n) is 5.39. The Kier molecular flexibility index (Phi) is 8.83. The second-order valence-corrected chi connectivity index (χ2v) is 10.1. The minimum Gasteiger partial charge on any atom is -0.493 e. The van der Waals surface area contributed by atoms with Crippen LogP contribution in [0.1, 0.15) is 56.7 Å². The van der Waals surface area contributed by atoms with Crippen LogP contribution in [0, 0.1) is 17.8 Å². The average Bonchev–Trinajstić information content (AvgIpc) is 2.75. The van der Waals surface area contributed by atoms with Gasteiger partial charge >= 0.3 is 5.97 Å². The van der Waals surface area contributed by atoms with E-state index in [0.29, 0.717) is 36.8 Å². The first kappa shape index (κ1) is 24.8. The minimum atomic E-state index is -0.0620. The predicted molar refractivity (Wildman–Crippen MR) is 127 cm³/mol. The zero-order chi connectivity index (χ0) is 23.3. The molecule has 0 saturated carbocycles. The van der Waals surface area contributed by atoms with Gasteiger partial charge in [0.05, 0.1) is 20.8 Å². The molecule has 2 heterocycles. The summed E-state index contributed by atoms with van der Waals surface area (Å²) in [5, 5.41) is 0. The Bertz CT molecular complexity index is 764. The van der Waals surface area contributed by atoms with E-state index in [4.69, 9.17) is 14.2 Å². The topological polar surface area (TPSA) is 51.2 Å². The van der Waals surface area contributed by atoms with E-state index in [2.05, 4.69) is 35.8 Å². The molecule has 0 aliphatic carbocycles. The molecule has 6 nitrogen and oxygen atoms in total. The van der Waals surface area contributed by atoms with Crippen molar-refractivity contribution in [2.75, 3.05) is 54.6 Å². The van der Waals surface area contributed by atoms with Gasteiger partial charge in [-0.05, 0) is 87.3 Å². The van der Waals surface area contributed by atoms with Gasteiger partial charge in [-0.25, -0.2) is 0 Å². The van der Waals surface area contributed by atoms with Crippen molar-refractivity contribution in [3.63, 3.8) is 0 Å². The molecule has 1 fully saturated rings. The van der Waals surface area contributed by atoms with Crippen LogP contribution in [-0.2, 0) is 16.0 Å². The standard InChI is InChI=1S/C26H42N2O4/c1-18(2)12-20-16-28-11-9-19-14-24(30-5)25(31-6)15-22(19)23(28)13-21(20)17-32-26(29)8-7-10-27(3)4/h14-15,18,20-21,23H,7-13,16-17H2,1-6H3/t20-,21+,23-/m1/s1. The monoisotopic (exact) mass is 446 g/mol. The highest BCUT2D eigenvalue weighted by Gasteiger charge is 2.40. The first-order chi connectivity index (χ1) is 15.3. The van der Waals surface area contributed by atoms with Crippen LogP contribution in [0.5, 0.6) is 11.5 Å². The Balaban J connectivity index is 1.73. The van der Waals surface area contributed by atoms with E-state index in [9.17, 15) is 4.79 Å². The van der Waals surface area contributed by atoms with Crippen LogP contribution < -0.4 is 9.47 Å². The summed E-state index contributed by atoms with van der Waals surface area (Å²) in [6.07, 6.45) is 4.56. The number of hydrogen-bond acceptors (Lipinski definition) is 6. The van der Waals surface area contributed by atoms with Crippen LogP contribution in [0.4, 0.5) is 0 Å². The summed E-state index contributed by atoms with van der Waals surface area (Å²) in [6, 6.07) is 4.66. The lowest BCUT2D eigenvalue weighted by atomic mass is 9.74. The zero-order valence-corrected chi connectivity index (χ0v) is 20.9. The Hall–Kier alpha value is -1.79. The van der Waals surface area contributed by atoms with Crippen LogP contribution in [0.25, 0.3) is 0 Å². The first-order valence-electron chi connectivity index (χ1n) is 12.1. The highest BCUT2D eigenvalue weighted by Crippen LogP contribution is 2.45. The highest BCUT2D eigenvalue weighted by atomic mass is 16.5. The molecule has 0 bridgehead atoms. The fourth-order valence-corrected chi connectivity index (χ4v) is 5.39. The van der Waals surface area contributed by atoms with Gasteiger partial charge in [-0.2, -0.15) is 0 Å². The Morgan fingerprint density at radius 2 is 1.88 bits per heavy atom. The Labute approximate surface area is 194 Å². The van der Waals surface area contributed by atoms with Crippen molar-refractivity contribution in [3.8, 4) is 11.5 Å². The number of rotatable bonds is 10. The van der Waals surface area contributed by atoms with Crippen molar-refractivity contribution in [1.82, 2.24) is 9.80 Å². The summed E-state index contributed by atoms with van der Waals surface area (Å²) >= 11 is 0. The summed E-state index contributed by atoms with van der Waals surface area (Å²) in [7, 11) is 7.45. The molecule has 3 atom stereocenters. The van der Waals surface area contributed by atoms with Crippen molar-refractivity contribution >= 4 is 5.97 Å². The van der Waals surface area contributed by atoms with Gasteiger partial charge in [-0.3, -0.25) is 9.69 Å². The molecule has 1 aromatic rings. The second-order valence-electron chi connectivity index (χ2n) is 10.1. The molecular formula is C26H42N2O4. The number of piperidine rings is 1. The molecular weight excluding hydrogens is 404 g/mol. The zero-order valence-electron chi connectivity index (χ0n) is 20.9. The van der Waals surface area contributed by atoms with Crippen LogP contribution in [-0.4, -0.2) is 70.3 Å². The van der Waals surface area contributed by atoms with E-state index in [1.807, 2.05) is 14.1 Å². The molecule has 1 saturated heterocycles. The van der Waals surface area contributed by atoms with Gasteiger partial charge in [0.25, 0.3) is 0 Å². The van der Waals surface area contributed by atoms with E-state index in [1.165, 1.54) is 17.5 Å². The number of carbonyl (C=O) groups excluding carboxylic acids is 1. The van der Waals surface area contributed by atoms with E-state index >= 15 is 0 Å². The van der Waals surface area contributed by atoms with Crippen LogP contribution in [0.3, 0.4) is 0 Å². The lowest BCUT2D eigenvalue weighted by Crippen LogP contribution is -2.47. The molecule has 1 aromatic carbocycles. The quantitative estimate of drug-likeness (QED) is 0.503. The van der Waals surface area contributed by atoms with Crippen molar-refractivity contribution in [2.24, 2.45) is 17.8 Å². The number of nitrogens with zero attached hydrogens (tertiary/aromatic N) is 2. The molecule has 0 unspecified atom stereocenters. The van der Waals surface area contributed by atoms with Crippen LogP contribution in [0.15, 0.2) is 12.1 Å². The molecule has 32 heavy (non-hydrogen) atoms. The molecule has 3 rings (SSSR count). The maximum absolute atomic E-state index is 12.3. The average molecular weight is 447 g/mol. The summed E-state index contributed by atoms with van der Waals surface area (Å²) in [5.41, 5.74) is 2.70. The number of hydrogen-bond donors (Lipinski definition) is 0. The smallest absolute Gasteiger partial charge is 0.305 e. The third kappa shape index (κ3) is 6.16. The molecule has 0 N–H and O–H groups in total. The molecule has 180 valence electrons. The van der Waals surface area contributed by atoms with Crippen molar-refractivity contribution in [1.29, 1.82) is 0 Å². The lowest BCUT2D eigenvalue weighted by molar-refractivity contribution is -0.147. The van der Waals surface area contributed by atoms with Gasteiger partial charge in [0, 0.05) is 25.6 Å². The lowest BCUT2D eigenvalue weighted by Gasteiger charge is -2.47. The largest absolute Gasteiger partial charge is 0.493 e. The normalized spacial score (nSPS) is 23.1. The summed E-state index contributed by atoms with van der Waals surface area (Å²) in [6.45, 7) is 8.16. The number of benzene rings is 1. The summed E-state index contributed by atoms with van der Waals surface area (Å²) in [4.78, 5) is 17.1. The van der Waals surface area contributed by atoms with Crippen LogP contribution >= 0.6 is 0 Å². The third-order valence-corrected chi connectivity index (χ3v) is 6.99. The number of carbonyl (C=O) groups is 1. The van der Waals surface area contributed by atoms with E-state index in [1.54, 1.807) is 14.2 Å². The van der Waals surface area contributed by atoms with Gasteiger partial charge in [0.15, 0.2) is 11.5 Å². The number of fused-ring (bicyclic) bond motifs is 3. The fraction of sp³-hybridized carbons (Fsp3) is 0.731. The maximum atomic E-state index is 12.3. The molecule has 0 radical (unpaired) electrons. The summed E-state index contributed by atoms with van der Waals surface area (Å²) in [5.74, 6) is 3.11. The molecule has 0 aromatic heterocycles. The number of methoxy groups -OCH3 is 2. The van der Waals surface area contributed by atoms with E-state index in [-0.39, 0.29) is 5.97 Å². The van der Waals surface area contributed by atoms with Gasteiger partial charge in [-0.15, -0.1) is 0 Å². The van der Waals surface area contributed by atoms with Crippen LogP contribution in [0.2, 0.25) is 0 Å². The van der Waals surface area contributed by atoms with E-state index < -0.39 is 0 Å². The third-order valence-electron chi connectivity index (χ3n) is 6.99. The number of ether oxygens (including phenoxy) is 3. The van der Waals surface area contributed by atoms with Crippen molar-refractivity contribution in [3.05, 3.63) is 23.3 Å². The predicted octanol–water partition coefficient (Wildman–Crippen LogP) is 4.17. The van der Waals surface area contributed by atoms with Gasteiger partial charge in [-0.1, -0.05) is 13.8 Å². The Morgan fingerprint density at radius 1 is 1.16 bits per heavy atom. The maximum Gasteiger partial charge on any atom is 0.305 e.